The van der Waals surface area contributed by atoms with Gasteiger partial charge in [-0.1, -0.05) is 0 Å². The molecule has 0 bridgehead atoms. The van der Waals surface area contributed by atoms with Gasteiger partial charge in [-0.2, -0.15) is 0 Å². The van der Waals surface area contributed by atoms with Gasteiger partial charge in [0.25, 0.3) is 0 Å². The predicted molar refractivity (Wildman–Crippen MR) is 110 cm³/mol. The minimum atomic E-state index is -1.05. The molecule has 1 saturated heterocycles. The largest absolute Gasteiger partial charge is 0.493 e. The van der Waals surface area contributed by atoms with Crippen LogP contribution in [0.3, 0.4) is 0 Å². The van der Waals surface area contributed by atoms with Crippen LogP contribution in [0, 0.1) is 5.92 Å². The highest BCUT2D eigenvalue weighted by molar-refractivity contribution is 5.73. The lowest BCUT2D eigenvalue weighted by atomic mass is 10.1. The fraction of sp³-hybridized carbons (Fsp3) is 0.550. The molecule has 2 atom stereocenters. The first-order valence-electron chi connectivity index (χ1n) is 9.61. The fourth-order valence-corrected chi connectivity index (χ4v) is 3.51. The van der Waals surface area contributed by atoms with Crippen molar-refractivity contribution in [1.82, 2.24) is 15.5 Å². The summed E-state index contributed by atoms with van der Waals surface area (Å²) in [5.41, 5.74) is 7.28. The lowest BCUT2D eigenvalue weighted by Crippen LogP contribution is -2.51. The number of aliphatic imine (C=N–C) groups is 1. The molecule has 0 amide bonds. The van der Waals surface area contributed by atoms with E-state index in [9.17, 15) is 0 Å². The molecule has 0 spiro atoms. The summed E-state index contributed by atoms with van der Waals surface area (Å²) in [6.45, 7) is 4.47. The Kier molecular flexibility index (Phi) is 6.77. The van der Waals surface area contributed by atoms with E-state index >= 15 is 0 Å². The van der Waals surface area contributed by atoms with E-state index in [1.54, 1.807) is 20.4 Å². The Morgan fingerprint density at radius 3 is 2.96 bits per heavy atom. The average Bonchev–Trinajstić information content (AvgIpc) is 3.18. The molecule has 1 fully saturated rings. The number of benzene rings is 1. The van der Waals surface area contributed by atoms with Crippen molar-refractivity contribution in [3.05, 3.63) is 35.7 Å². The number of methoxy groups -OCH3 is 2. The maximum absolute atomic E-state index is 6.49. The SMILES string of the molecule is CNC1=CC=NC(N)(c2ccc(OC)c(OCC3CCN(CCOC)C3)c2)N1. The van der Waals surface area contributed by atoms with E-state index in [0.717, 1.165) is 44.0 Å². The van der Waals surface area contributed by atoms with Gasteiger partial charge in [0.2, 0.25) is 5.79 Å². The van der Waals surface area contributed by atoms with Gasteiger partial charge in [-0.15, -0.1) is 0 Å². The van der Waals surface area contributed by atoms with Gasteiger partial charge in [-0.25, -0.2) is 4.99 Å². The maximum atomic E-state index is 6.49. The van der Waals surface area contributed by atoms with Crippen LogP contribution in [0.2, 0.25) is 0 Å². The van der Waals surface area contributed by atoms with Gasteiger partial charge >= 0.3 is 0 Å². The molecular formula is C20H31N5O3. The van der Waals surface area contributed by atoms with Crippen molar-refractivity contribution < 1.29 is 14.2 Å². The molecule has 2 aliphatic rings. The minimum Gasteiger partial charge on any atom is -0.493 e. The zero-order valence-corrected chi connectivity index (χ0v) is 16.9. The van der Waals surface area contributed by atoms with Crippen LogP contribution in [0.15, 0.2) is 35.1 Å². The van der Waals surface area contributed by atoms with E-state index in [4.69, 9.17) is 19.9 Å². The van der Waals surface area contributed by atoms with Crippen molar-refractivity contribution >= 4 is 6.21 Å². The maximum Gasteiger partial charge on any atom is 0.210 e. The number of likely N-dealkylation sites (tertiary alicyclic amines) is 1. The number of nitrogens with zero attached hydrogens (tertiary/aromatic N) is 2. The summed E-state index contributed by atoms with van der Waals surface area (Å²) in [4.78, 5) is 6.82. The van der Waals surface area contributed by atoms with Crippen LogP contribution in [0.4, 0.5) is 0 Å². The van der Waals surface area contributed by atoms with Gasteiger partial charge < -0.3 is 29.7 Å². The van der Waals surface area contributed by atoms with Crippen LogP contribution >= 0.6 is 0 Å². The van der Waals surface area contributed by atoms with E-state index in [0.29, 0.717) is 24.0 Å². The van der Waals surface area contributed by atoms with E-state index < -0.39 is 5.79 Å². The van der Waals surface area contributed by atoms with Gasteiger partial charge in [0.1, 0.15) is 5.82 Å². The second-order valence-corrected chi connectivity index (χ2v) is 7.12. The number of hydrogen-bond acceptors (Lipinski definition) is 8. The van der Waals surface area contributed by atoms with Gasteiger partial charge in [0, 0.05) is 44.9 Å². The molecule has 154 valence electrons. The van der Waals surface area contributed by atoms with Crippen molar-refractivity contribution in [2.45, 2.75) is 12.2 Å². The quantitative estimate of drug-likeness (QED) is 0.576. The number of allylic oxidation sites excluding steroid dienone is 1. The Bertz CT molecular complexity index is 724. The summed E-state index contributed by atoms with van der Waals surface area (Å²) in [6, 6.07) is 5.67. The Hall–Kier alpha value is -2.29. The molecule has 8 nitrogen and oxygen atoms in total. The Morgan fingerprint density at radius 1 is 1.36 bits per heavy atom. The third kappa shape index (κ3) is 4.76. The molecule has 3 rings (SSSR count). The fourth-order valence-electron chi connectivity index (χ4n) is 3.51. The molecule has 0 radical (unpaired) electrons. The van der Waals surface area contributed by atoms with Crippen LogP contribution in [0.1, 0.15) is 12.0 Å². The highest BCUT2D eigenvalue weighted by atomic mass is 16.5. The van der Waals surface area contributed by atoms with Crippen LogP contribution < -0.4 is 25.8 Å². The molecule has 8 heteroatoms. The highest BCUT2D eigenvalue weighted by Crippen LogP contribution is 2.33. The lowest BCUT2D eigenvalue weighted by Gasteiger charge is -2.31. The Labute approximate surface area is 166 Å². The third-order valence-corrected chi connectivity index (χ3v) is 5.17. The zero-order valence-electron chi connectivity index (χ0n) is 16.9. The molecule has 0 saturated carbocycles. The Balaban J connectivity index is 1.67. The van der Waals surface area contributed by atoms with Crippen molar-refractivity contribution in [3.8, 4) is 11.5 Å². The van der Waals surface area contributed by atoms with Crippen molar-refractivity contribution in [3.63, 3.8) is 0 Å². The molecular weight excluding hydrogens is 358 g/mol. The lowest BCUT2D eigenvalue weighted by molar-refractivity contribution is 0.155. The molecule has 2 heterocycles. The normalized spacial score (nSPS) is 24.6. The van der Waals surface area contributed by atoms with Gasteiger partial charge in [0.15, 0.2) is 11.5 Å². The summed E-state index contributed by atoms with van der Waals surface area (Å²) in [6.07, 6.45) is 4.65. The summed E-state index contributed by atoms with van der Waals surface area (Å²) in [7, 11) is 5.21. The number of nitrogens with two attached hydrogens (primary N) is 1. The topological polar surface area (TPSA) is 93.4 Å². The third-order valence-electron chi connectivity index (χ3n) is 5.17. The number of nitrogens with one attached hydrogen (secondary N) is 2. The van der Waals surface area contributed by atoms with E-state index in [-0.39, 0.29) is 0 Å². The highest BCUT2D eigenvalue weighted by Gasteiger charge is 2.30. The molecule has 0 aliphatic carbocycles. The first kappa shape index (κ1) is 20.4. The van der Waals surface area contributed by atoms with Crippen LogP contribution in [-0.4, -0.2) is 65.2 Å². The van der Waals surface area contributed by atoms with Gasteiger partial charge in [-0.3, -0.25) is 5.73 Å². The van der Waals surface area contributed by atoms with Gasteiger partial charge in [-0.05, 0) is 37.2 Å². The molecule has 0 aromatic heterocycles. The smallest absolute Gasteiger partial charge is 0.210 e. The molecule has 28 heavy (non-hydrogen) atoms. The molecule has 2 aliphatic heterocycles. The average molecular weight is 390 g/mol. The minimum absolute atomic E-state index is 0.488. The Morgan fingerprint density at radius 2 is 2.21 bits per heavy atom. The predicted octanol–water partition coefficient (Wildman–Crippen LogP) is 0.846. The van der Waals surface area contributed by atoms with Crippen LogP contribution in [-0.2, 0) is 10.5 Å². The first-order valence-corrected chi connectivity index (χ1v) is 9.61. The van der Waals surface area contributed by atoms with Crippen LogP contribution in [0.25, 0.3) is 0 Å². The van der Waals surface area contributed by atoms with Gasteiger partial charge in [0.05, 0.1) is 20.3 Å². The van der Waals surface area contributed by atoms with Crippen molar-refractivity contribution in [2.24, 2.45) is 16.6 Å². The number of hydrogen-bond donors (Lipinski definition) is 3. The standard InChI is InChI=1S/C20H31N5O3/c1-22-19-6-8-23-20(21,24-19)16-4-5-17(27-3)18(12-16)28-14-15-7-9-25(13-15)10-11-26-2/h4-6,8,12,15,22,24H,7,9-11,13-14,21H2,1-3H3. The monoisotopic (exact) mass is 389 g/mol. The number of rotatable bonds is 9. The van der Waals surface area contributed by atoms with E-state index in [1.165, 1.54) is 0 Å². The second kappa shape index (κ2) is 9.27. The van der Waals surface area contributed by atoms with Crippen LogP contribution in [0.5, 0.6) is 11.5 Å². The summed E-state index contributed by atoms with van der Waals surface area (Å²) >= 11 is 0. The zero-order chi connectivity index (χ0) is 20.0. The second-order valence-electron chi connectivity index (χ2n) is 7.12. The van der Waals surface area contributed by atoms with Crippen molar-refractivity contribution in [2.75, 3.05) is 54.1 Å². The van der Waals surface area contributed by atoms with E-state index in [1.807, 2.05) is 31.3 Å². The molecule has 2 unspecified atom stereocenters. The molecule has 1 aromatic carbocycles. The summed E-state index contributed by atoms with van der Waals surface area (Å²) in [5, 5.41) is 6.25. The number of ether oxygens (including phenoxy) is 3. The summed E-state index contributed by atoms with van der Waals surface area (Å²) in [5.74, 6) is 1.60. The molecule has 1 aromatic rings. The first-order chi connectivity index (χ1) is 13.6. The molecule has 4 N–H and O–H groups in total. The van der Waals surface area contributed by atoms with E-state index in [2.05, 4.69) is 20.5 Å². The van der Waals surface area contributed by atoms with Crippen molar-refractivity contribution in [1.29, 1.82) is 0 Å². The summed E-state index contributed by atoms with van der Waals surface area (Å²) < 4.78 is 16.8.